The molecule has 188 valence electrons. The van der Waals surface area contributed by atoms with Crippen molar-refractivity contribution in [3.05, 3.63) is 31.9 Å². The Labute approximate surface area is 215 Å². The molecule has 0 bridgehead atoms. The quantitative estimate of drug-likeness (QED) is 0.292. The van der Waals surface area contributed by atoms with Gasteiger partial charge in [-0.15, -0.1) is 0 Å². The number of pyridine rings is 1. The molecule has 8 nitrogen and oxygen atoms in total. The molecule has 3 rings (SSSR count). The second-order valence-corrected chi connectivity index (χ2v) is 10.4. The van der Waals surface area contributed by atoms with Gasteiger partial charge in [-0.05, 0) is 51.2 Å². The molecular formula is C25H32N4O4S2. The molecule has 35 heavy (non-hydrogen) atoms. The van der Waals surface area contributed by atoms with Crippen LogP contribution < -0.4 is 10.5 Å². The van der Waals surface area contributed by atoms with Crippen molar-refractivity contribution in [2.24, 2.45) is 5.92 Å². The molecule has 1 aromatic heterocycles. The van der Waals surface area contributed by atoms with Crippen molar-refractivity contribution in [3.8, 4) is 6.07 Å². The summed E-state index contributed by atoms with van der Waals surface area (Å²) < 4.78 is 7.40. The Morgan fingerprint density at radius 1 is 1.26 bits per heavy atom. The zero-order valence-electron chi connectivity index (χ0n) is 20.8. The van der Waals surface area contributed by atoms with Gasteiger partial charge in [0.2, 0.25) is 0 Å². The molecule has 0 aromatic carbocycles. The number of esters is 1. The highest BCUT2D eigenvalue weighted by molar-refractivity contribution is 8.26. The molecule has 1 amide bonds. The molecule has 10 heteroatoms. The second kappa shape index (κ2) is 11.9. The molecule has 2 fully saturated rings. The topological polar surface area (TPSA) is 95.6 Å². The number of carbonyl (C=O) groups is 2. The standard InChI is InChI=1S/C25H32N4O4S2/c1-5-10-28-21(27-12-8-9-17(15-27)24(32)33-7-3)18(16(4)19(14-26)22(28)30)13-20-23(31)29(11-6-2)25(34)35-20/h13,17H,5-12,15H2,1-4H3/b20-13-. The van der Waals surface area contributed by atoms with Crippen molar-refractivity contribution in [1.82, 2.24) is 9.47 Å². The summed E-state index contributed by atoms with van der Waals surface area (Å²) in [5.41, 5.74) is 0.891. The summed E-state index contributed by atoms with van der Waals surface area (Å²) in [5, 5.41) is 9.80. The lowest BCUT2D eigenvalue weighted by Gasteiger charge is -2.36. The Kier molecular flexibility index (Phi) is 9.14. The first kappa shape index (κ1) is 27.0. The number of ether oxygens (including phenoxy) is 1. The number of aromatic nitrogens is 1. The van der Waals surface area contributed by atoms with Crippen LogP contribution in [0, 0.1) is 24.2 Å². The third-order valence-corrected chi connectivity index (χ3v) is 7.61. The number of rotatable bonds is 8. The molecular weight excluding hydrogens is 484 g/mol. The van der Waals surface area contributed by atoms with Crippen LogP contribution in [0.3, 0.4) is 0 Å². The van der Waals surface area contributed by atoms with Gasteiger partial charge in [0.15, 0.2) is 0 Å². The summed E-state index contributed by atoms with van der Waals surface area (Å²) in [4.78, 5) is 43.0. The van der Waals surface area contributed by atoms with Crippen LogP contribution in [0.4, 0.5) is 5.82 Å². The number of nitrogens with zero attached hydrogens (tertiary/aromatic N) is 4. The number of hydrogen-bond donors (Lipinski definition) is 0. The van der Waals surface area contributed by atoms with Gasteiger partial charge in [0, 0.05) is 31.7 Å². The van der Waals surface area contributed by atoms with E-state index in [4.69, 9.17) is 17.0 Å². The van der Waals surface area contributed by atoms with Gasteiger partial charge in [0.25, 0.3) is 11.5 Å². The van der Waals surface area contributed by atoms with Gasteiger partial charge < -0.3 is 9.64 Å². The van der Waals surface area contributed by atoms with Crippen LogP contribution in [0.25, 0.3) is 6.08 Å². The van der Waals surface area contributed by atoms with E-state index >= 15 is 0 Å². The van der Waals surface area contributed by atoms with Crippen molar-refractivity contribution in [2.75, 3.05) is 31.1 Å². The monoisotopic (exact) mass is 516 g/mol. The van der Waals surface area contributed by atoms with E-state index in [-0.39, 0.29) is 28.9 Å². The van der Waals surface area contributed by atoms with E-state index in [1.807, 2.05) is 18.7 Å². The number of thioether (sulfide) groups is 1. The zero-order chi connectivity index (χ0) is 25.7. The third kappa shape index (κ3) is 5.46. The first-order chi connectivity index (χ1) is 16.8. The van der Waals surface area contributed by atoms with Crippen molar-refractivity contribution < 1.29 is 14.3 Å². The van der Waals surface area contributed by atoms with E-state index in [2.05, 4.69) is 6.07 Å². The summed E-state index contributed by atoms with van der Waals surface area (Å²) in [6.45, 7) is 9.82. The lowest BCUT2D eigenvalue weighted by atomic mass is 9.96. The Bertz CT molecular complexity index is 1150. The van der Waals surface area contributed by atoms with E-state index in [0.717, 1.165) is 12.8 Å². The number of thiocarbonyl (C=S) groups is 1. The molecule has 2 saturated heterocycles. The predicted molar refractivity (Wildman–Crippen MR) is 142 cm³/mol. The number of nitriles is 1. The van der Waals surface area contributed by atoms with Gasteiger partial charge in [-0.25, -0.2) is 0 Å². The molecule has 1 atom stereocenters. The molecule has 3 heterocycles. The fourth-order valence-electron chi connectivity index (χ4n) is 4.59. The average Bonchev–Trinajstić information content (AvgIpc) is 3.10. The molecule has 1 unspecified atom stereocenters. The Morgan fingerprint density at radius 2 is 1.97 bits per heavy atom. The van der Waals surface area contributed by atoms with Gasteiger partial charge >= 0.3 is 5.97 Å². The maximum Gasteiger partial charge on any atom is 0.310 e. The fourth-order valence-corrected chi connectivity index (χ4v) is 5.88. The van der Waals surface area contributed by atoms with E-state index in [1.165, 1.54) is 11.8 Å². The number of anilines is 1. The smallest absolute Gasteiger partial charge is 0.310 e. The Morgan fingerprint density at radius 3 is 2.60 bits per heavy atom. The van der Waals surface area contributed by atoms with Crippen LogP contribution in [0.2, 0.25) is 0 Å². The fraction of sp³-hybridized carbons (Fsp3) is 0.560. The lowest BCUT2D eigenvalue weighted by Crippen LogP contribution is -2.43. The summed E-state index contributed by atoms with van der Waals surface area (Å²) in [7, 11) is 0. The maximum atomic E-state index is 13.3. The van der Waals surface area contributed by atoms with Crippen LogP contribution in [-0.4, -0.2) is 51.9 Å². The molecule has 0 radical (unpaired) electrons. The molecule has 2 aliphatic rings. The lowest BCUT2D eigenvalue weighted by molar-refractivity contribution is -0.148. The summed E-state index contributed by atoms with van der Waals surface area (Å²) in [6, 6.07) is 2.07. The summed E-state index contributed by atoms with van der Waals surface area (Å²) in [5.74, 6) is -0.0699. The largest absolute Gasteiger partial charge is 0.466 e. The number of carbonyl (C=O) groups excluding carboxylic acids is 2. The maximum absolute atomic E-state index is 13.3. The molecule has 0 N–H and O–H groups in total. The van der Waals surface area contributed by atoms with Crippen molar-refractivity contribution in [1.29, 1.82) is 5.26 Å². The van der Waals surface area contributed by atoms with Crippen molar-refractivity contribution in [2.45, 2.75) is 59.9 Å². The minimum absolute atomic E-state index is 0.0661. The predicted octanol–water partition coefficient (Wildman–Crippen LogP) is 3.83. The zero-order valence-corrected chi connectivity index (χ0v) is 22.4. The van der Waals surface area contributed by atoms with Crippen LogP contribution in [0.5, 0.6) is 0 Å². The molecule has 2 aliphatic heterocycles. The first-order valence-corrected chi connectivity index (χ1v) is 13.4. The Balaban J connectivity index is 2.20. The van der Waals surface area contributed by atoms with E-state index in [1.54, 1.807) is 29.4 Å². The third-order valence-electron chi connectivity index (χ3n) is 6.23. The van der Waals surface area contributed by atoms with Crippen LogP contribution in [0.15, 0.2) is 9.70 Å². The van der Waals surface area contributed by atoms with Gasteiger partial charge in [-0.3, -0.25) is 23.9 Å². The van der Waals surface area contributed by atoms with Gasteiger partial charge in [0.05, 0.1) is 17.4 Å². The minimum atomic E-state index is -0.351. The average molecular weight is 517 g/mol. The van der Waals surface area contributed by atoms with E-state index in [9.17, 15) is 19.6 Å². The first-order valence-electron chi connectivity index (χ1n) is 12.1. The van der Waals surface area contributed by atoms with Gasteiger partial charge in [-0.2, -0.15) is 5.26 Å². The highest BCUT2D eigenvalue weighted by Crippen LogP contribution is 2.37. The van der Waals surface area contributed by atoms with E-state index < -0.39 is 0 Å². The summed E-state index contributed by atoms with van der Waals surface area (Å²) >= 11 is 6.67. The minimum Gasteiger partial charge on any atom is -0.466 e. The molecule has 0 aliphatic carbocycles. The van der Waals surface area contributed by atoms with Gasteiger partial charge in [-0.1, -0.05) is 37.8 Å². The van der Waals surface area contributed by atoms with Crippen LogP contribution >= 0.6 is 24.0 Å². The van der Waals surface area contributed by atoms with Crippen molar-refractivity contribution >= 4 is 52.1 Å². The van der Waals surface area contributed by atoms with Crippen LogP contribution in [-0.2, 0) is 20.9 Å². The highest BCUT2D eigenvalue weighted by Gasteiger charge is 2.34. The van der Waals surface area contributed by atoms with Crippen LogP contribution in [0.1, 0.15) is 63.1 Å². The second-order valence-electron chi connectivity index (χ2n) is 8.68. The number of hydrogen-bond acceptors (Lipinski definition) is 8. The molecule has 0 saturated carbocycles. The van der Waals surface area contributed by atoms with Crippen molar-refractivity contribution in [3.63, 3.8) is 0 Å². The number of amides is 1. The Hall–Kier alpha value is -2.64. The van der Waals surface area contributed by atoms with E-state index in [0.29, 0.717) is 71.8 Å². The summed E-state index contributed by atoms with van der Waals surface area (Å²) in [6.07, 6.45) is 4.72. The number of piperidine rings is 1. The molecule has 1 aromatic rings. The normalized spacial score (nSPS) is 19.4. The SMILES string of the molecule is CCCN1C(=O)/C(=C/c2c(C)c(C#N)c(=O)n(CCC)c2N2CCCC(C(=O)OCC)C2)SC1=S. The molecule has 0 spiro atoms. The highest BCUT2D eigenvalue weighted by atomic mass is 32.2. The van der Waals surface area contributed by atoms with Gasteiger partial charge in [0.1, 0.15) is 21.8 Å².